The molecule has 1 atom stereocenters. The molecular weight excluding hydrogens is 452 g/mol. The van der Waals surface area contributed by atoms with E-state index in [0.717, 1.165) is 40.9 Å². The summed E-state index contributed by atoms with van der Waals surface area (Å²) >= 11 is 6.08. The van der Waals surface area contributed by atoms with E-state index in [9.17, 15) is 9.59 Å². The molecule has 0 bridgehead atoms. The highest BCUT2D eigenvalue weighted by molar-refractivity contribution is 6.30. The van der Waals surface area contributed by atoms with E-state index < -0.39 is 11.7 Å². The minimum Gasteiger partial charge on any atom is -0.469 e. The number of nitrogens with zero attached hydrogens (tertiary/aromatic N) is 1. The number of halogens is 1. The zero-order chi connectivity index (χ0) is 24.9. The number of benzene rings is 2. The van der Waals surface area contributed by atoms with Crippen molar-refractivity contribution in [1.82, 2.24) is 0 Å². The van der Waals surface area contributed by atoms with E-state index in [1.54, 1.807) is 0 Å². The van der Waals surface area contributed by atoms with Gasteiger partial charge < -0.3 is 14.4 Å². The molecule has 6 nitrogen and oxygen atoms in total. The van der Waals surface area contributed by atoms with E-state index in [4.69, 9.17) is 21.1 Å². The van der Waals surface area contributed by atoms with Crippen LogP contribution in [-0.2, 0) is 27.2 Å². The first-order chi connectivity index (χ1) is 16.1. The molecule has 0 spiro atoms. The first kappa shape index (κ1) is 25.6. The van der Waals surface area contributed by atoms with Crippen LogP contribution >= 0.6 is 11.6 Å². The summed E-state index contributed by atoms with van der Waals surface area (Å²) in [4.78, 5) is 26.7. The molecule has 0 fully saturated rings. The number of rotatable bonds is 7. The van der Waals surface area contributed by atoms with Gasteiger partial charge in [0.25, 0.3) is 0 Å². The number of hydrogen-bond donors (Lipinski definition) is 1. The third-order valence-corrected chi connectivity index (χ3v) is 5.86. The summed E-state index contributed by atoms with van der Waals surface area (Å²) in [6.07, 6.45) is 5.68. The van der Waals surface area contributed by atoms with Gasteiger partial charge in [-0.1, -0.05) is 35.9 Å². The van der Waals surface area contributed by atoms with Gasteiger partial charge >= 0.3 is 12.1 Å². The van der Waals surface area contributed by atoms with Crippen molar-refractivity contribution >= 4 is 41.1 Å². The zero-order valence-corrected chi connectivity index (χ0v) is 21.2. The van der Waals surface area contributed by atoms with Crippen LogP contribution in [0.25, 0.3) is 6.08 Å². The Hall–Kier alpha value is -2.99. The van der Waals surface area contributed by atoms with Gasteiger partial charge in [0.15, 0.2) is 0 Å². The number of fused-ring (bicyclic) bond motifs is 1. The van der Waals surface area contributed by atoms with Crippen LogP contribution in [-0.4, -0.2) is 30.8 Å². The van der Waals surface area contributed by atoms with Gasteiger partial charge in [0.1, 0.15) is 5.60 Å². The van der Waals surface area contributed by atoms with Gasteiger partial charge in [0.2, 0.25) is 0 Å². The molecule has 0 aliphatic heterocycles. The minimum absolute atomic E-state index is 0.118. The fourth-order valence-electron chi connectivity index (χ4n) is 4.02. The monoisotopic (exact) mass is 484 g/mol. The van der Waals surface area contributed by atoms with Crippen LogP contribution < -0.4 is 10.2 Å². The van der Waals surface area contributed by atoms with E-state index in [1.165, 1.54) is 7.11 Å². The first-order valence-corrected chi connectivity index (χ1v) is 11.9. The van der Waals surface area contributed by atoms with Crippen molar-refractivity contribution in [2.45, 2.75) is 65.1 Å². The standard InChI is InChI=1S/C27H33ClN2O4/c1-18(16-25(31)33-5)30(17-19-10-12-20(28)13-11-19)24-15-14-23(21-8-6-7-9-22(21)24)29-26(32)34-27(2,3)4/h7,9-15,18H,6,8,16-17H2,1-5H3,(H,29,32). The smallest absolute Gasteiger partial charge is 0.412 e. The maximum Gasteiger partial charge on any atom is 0.412 e. The molecule has 1 aliphatic rings. The van der Waals surface area contributed by atoms with Crippen molar-refractivity contribution in [3.05, 3.63) is 64.2 Å². The summed E-state index contributed by atoms with van der Waals surface area (Å²) in [5.41, 5.74) is 4.31. The van der Waals surface area contributed by atoms with Crippen LogP contribution in [0.15, 0.2) is 42.5 Å². The Bertz CT molecular complexity index is 1060. The summed E-state index contributed by atoms with van der Waals surface area (Å²) in [7, 11) is 1.40. The van der Waals surface area contributed by atoms with Crippen LogP contribution in [0.2, 0.25) is 5.02 Å². The van der Waals surface area contributed by atoms with Gasteiger partial charge in [-0.3, -0.25) is 10.1 Å². The largest absolute Gasteiger partial charge is 0.469 e. The Kier molecular flexibility index (Phi) is 8.26. The molecule has 1 aliphatic carbocycles. The van der Waals surface area contributed by atoms with Crippen LogP contribution in [0.1, 0.15) is 57.2 Å². The third-order valence-electron chi connectivity index (χ3n) is 5.61. The summed E-state index contributed by atoms with van der Waals surface area (Å²) in [6, 6.07) is 11.5. The van der Waals surface area contributed by atoms with Gasteiger partial charge in [-0.2, -0.15) is 0 Å². The summed E-state index contributed by atoms with van der Waals surface area (Å²) in [5.74, 6) is -0.263. The summed E-state index contributed by atoms with van der Waals surface area (Å²) in [6.45, 7) is 8.12. The number of carbonyl (C=O) groups is 2. The Labute approximate surface area is 206 Å². The molecule has 0 saturated carbocycles. The van der Waals surface area contributed by atoms with E-state index >= 15 is 0 Å². The van der Waals surface area contributed by atoms with Crippen molar-refractivity contribution < 1.29 is 19.1 Å². The number of amides is 1. The van der Waals surface area contributed by atoms with Crippen molar-refractivity contribution in [2.24, 2.45) is 0 Å². The quantitative estimate of drug-likeness (QED) is 0.448. The molecule has 1 N–H and O–H groups in total. The molecule has 0 heterocycles. The lowest BCUT2D eigenvalue weighted by Crippen LogP contribution is -2.35. The Balaban J connectivity index is 1.99. The number of anilines is 2. The average Bonchev–Trinajstić information content (AvgIpc) is 2.78. The molecule has 0 radical (unpaired) electrons. The lowest BCUT2D eigenvalue weighted by Gasteiger charge is -2.34. The molecule has 1 amide bonds. The second kappa shape index (κ2) is 11.0. The highest BCUT2D eigenvalue weighted by atomic mass is 35.5. The molecule has 2 aromatic carbocycles. The van der Waals surface area contributed by atoms with Crippen LogP contribution in [0.4, 0.5) is 16.2 Å². The lowest BCUT2D eigenvalue weighted by atomic mass is 9.92. The van der Waals surface area contributed by atoms with E-state index in [0.29, 0.717) is 11.6 Å². The highest BCUT2D eigenvalue weighted by Gasteiger charge is 2.25. The zero-order valence-electron chi connectivity index (χ0n) is 20.5. The number of methoxy groups -OCH3 is 1. The first-order valence-electron chi connectivity index (χ1n) is 11.5. The van der Waals surface area contributed by atoms with E-state index in [2.05, 4.69) is 22.4 Å². The maximum absolute atomic E-state index is 12.4. The van der Waals surface area contributed by atoms with Gasteiger partial charge in [-0.05, 0) is 75.9 Å². The van der Waals surface area contributed by atoms with Crippen molar-refractivity contribution in [3.8, 4) is 0 Å². The molecule has 3 rings (SSSR count). The average molecular weight is 485 g/mol. The predicted octanol–water partition coefficient (Wildman–Crippen LogP) is 6.60. The normalized spacial score (nSPS) is 13.6. The van der Waals surface area contributed by atoms with Gasteiger partial charge in [-0.25, -0.2) is 4.79 Å². The predicted molar refractivity (Wildman–Crippen MR) is 137 cm³/mol. The molecule has 0 aromatic heterocycles. The second-order valence-corrected chi connectivity index (χ2v) is 9.91. The second-order valence-electron chi connectivity index (χ2n) is 9.48. The maximum atomic E-state index is 12.4. The van der Waals surface area contributed by atoms with Crippen LogP contribution in [0, 0.1) is 0 Å². The van der Waals surface area contributed by atoms with Crippen LogP contribution in [0.3, 0.4) is 0 Å². The topological polar surface area (TPSA) is 67.9 Å². The molecule has 34 heavy (non-hydrogen) atoms. The van der Waals surface area contributed by atoms with Crippen molar-refractivity contribution in [1.29, 1.82) is 0 Å². The number of hydrogen-bond acceptors (Lipinski definition) is 5. The number of ether oxygens (including phenoxy) is 2. The molecule has 7 heteroatoms. The third kappa shape index (κ3) is 6.76. The van der Waals surface area contributed by atoms with Crippen molar-refractivity contribution in [3.63, 3.8) is 0 Å². The summed E-state index contributed by atoms with van der Waals surface area (Å²) < 4.78 is 10.4. The molecule has 2 aromatic rings. The van der Waals surface area contributed by atoms with Gasteiger partial charge in [0, 0.05) is 34.5 Å². The van der Waals surface area contributed by atoms with E-state index in [-0.39, 0.29) is 18.4 Å². The van der Waals surface area contributed by atoms with Gasteiger partial charge in [0.05, 0.1) is 13.5 Å². The molecular formula is C27H33ClN2O4. The number of nitrogens with one attached hydrogen (secondary N) is 1. The molecule has 0 saturated heterocycles. The number of esters is 1. The summed E-state index contributed by atoms with van der Waals surface area (Å²) in [5, 5.41) is 3.59. The van der Waals surface area contributed by atoms with Gasteiger partial charge in [-0.15, -0.1) is 0 Å². The number of allylic oxidation sites excluding steroid dienone is 1. The fourth-order valence-corrected chi connectivity index (χ4v) is 4.14. The Morgan fingerprint density at radius 1 is 1.15 bits per heavy atom. The van der Waals surface area contributed by atoms with Crippen molar-refractivity contribution in [2.75, 3.05) is 17.3 Å². The van der Waals surface area contributed by atoms with E-state index in [1.807, 2.05) is 64.1 Å². The Morgan fingerprint density at radius 3 is 2.50 bits per heavy atom. The number of carbonyl (C=O) groups excluding carboxylic acids is 2. The Morgan fingerprint density at radius 2 is 1.85 bits per heavy atom. The highest BCUT2D eigenvalue weighted by Crippen LogP contribution is 2.37. The minimum atomic E-state index is -0.581. The molecule has 182 valence electrons. The fraction of sp³-hybridized carbons (Fsp3) is 0.407. The SMILES string of the molecule is COC(=O)CC(C)N(Cc1ccc(Cl)cc1)c1ccc(NC(=O)OC(C)(C)C)c2c1C=CCC2. The molecule has 1 unspecified atom stereocenters. The van der Waals surface area contributed by atoms with Crippen LogP contribution in [0.5, 0.6) is 0 Å². The lowest BCUT2D eigenvalue weighted by molar-refractivity contribution is -0.140.